The highest BCUT2D eigenvalue weighted by molar-refractivity contribution is 6.04. The van der Waals surface area contributed by atoms with Gasteiger partial charge >= 0.3 is 0 Å². The number of anilines is 1. The maximum Gasteiger partial charge on any atom is 0.255 e. The summed E-state index contributed by atoms with van der Waals surface area (Å²) >= 11 is 0. The van der Waals surface area contributed by atoms with Gasteiger partial charge in [0.15, 0.2) is 0 Å². The van der Waals surface area contributed by atoms with E-state index < -0.39 is 0 Å². The van der Waals surface area contributed by atoms with Gasteiger partial charge in [0.1, 0.15) is 0 Å². The second-order valence-corrected chi connectivity index (χ2v) is 4.67. The molecular weight excluding hydrogens is 252 g/mol. The van der Waals surface area contributed by atoms with Gasteiger partial charge in [-0.1, -0.05) is 12.1 Å². The van der Waals surface area contributed by atoms with E-state index in [1.165, 1.54) is 0 Å². The minimum Gasteiger partial charge on any atom is -0.396 e. The van der Waals surface area contributed by atoms with Crippen LogP contribution in [0, 0.1) is 6.92 Å². The molecule has 0 fully saturated rings. The van der Waals surface area contributed by atoms with Gasteiger partial charge in [-0.05, 0) is 49.6 Å². The Labute approximate surface area is 118 Å². The number of carbonyl (C=O) groups is 1. The van der Waals surface area contributed by atoms with E-state index in [-0.39, 0.29) is 12.5 Å². The van der Waals surface area contributed by atoms with Crippen LogP contribution in [0.4, 0.5) is 5.69 Å². The number of aryl methyl sites for hydroxylation is 2. The van der Waals surface area contributed by atoms with E-state index in [0.29, 0.717) is 5.56 Å². The van der Waals surface area contributed by atoms with E-state index in [1.807, 2.05) is 31.2 Å². The lowest BCUT2D eigenvalue weighted by Crippen LogP contribution is -2.12. The maximum absolute atomic E-state index is 12.1. The molecule has 1 heterocycles. The molecule has 0 unspecified atom stereocenters. The van der Waals surface area contributed by atoms with Gasteiger partial charge in [-0.15, -0.1) is 0 Å². The highest BCUT2D eigenvalue weighted by Crippen LogP contribution is 2.13. The third-order valence-corrected chi connectivity index (χ3v) is 2.97. The first-order valence-electron chi connectivity index (χ1n) is 6.63. The summed E-state index contributed by atoms with van der Waals surface area (Å²) in [6.07, 6.45) is 3.15. The van der Waals surface area contributed by atoms with E-state index in [2.05, 4.69) is 10.3 Å². The van der Waals surface area contributed by atoms with Crippen molar-refractivity contribution in [1.29, 1.82) is 0 Å². The summed E-state index contributed by atoms with van der Waals surface area (Å²) in [7, 11) is 0. The Balaban J connectivity index is 2.07. The molecule has 0 saturated carbocycles. The SMILES string of the molecule is Cc1cc(C(=O)Nc2cccc(CCCO)c2)ccn1. The van der Waals surface area contributed by atoms with Crippen LogP contribution in [0.15, 0.2) is 42.6 Å². The lowest BCUT2D eigenvalue weighted by Gasteiger charge is -2.07. The minimum atomic E-state index is -0.144. The number of nitrogens with one attached hydrogen (secondary N) is 1. The third-order valence-electron chi connectivity index (χ3n) is 2.97. The maximum atomic E-state index is 12.1. The first-order valence-corrected chi connectivity index (χ1v) is 6.63. The molecule has 1 aromatic carbocycles. The Bertz CT molecular complexity index is 597. The molecule has 1 aromatic heterocycles. The Morgan fingerprint density at radius 1 is 1.30 bits per heavy atom. The minimum absolute atomic E-state index is 0.144. The van der Waals surface area contributed by atoms with Crippen LogP contribution < -0.4 is 5.32 Å². The molecule has 0 radical (unpaired) electrons. The first kappa shape index (κ1) is 14.2. The van der Waals surface area contributed by atoms with Crippen LogP contribution >= 0.6 is 0 Å². The number of pyridine rings is 1. The molecule has 0 bridgehead atoms. The van der Waals surface area contributed by atoms with Gasteiger partial charge < -0.3 is 10.4 Å². The molecule has 0 aliphatic carbocycles. The van der Waals surface area contributed by atoms with Gasteiger partial charge in [-0.3, -0.25) is 9.78 Å². The average Bonchev–Trinajstić information content (AvgIpc) is 2.45. The van der Waals surface area contributed by atoms with Crippen LogP contribution in [0.2, 0.25) is 0 Å². The number of aliphatic hydroxyl groups is 1. The largest absolute Gasteiger partial charge is 0.396 e. The van der Waals surface area contributed by atoms with Crippen molar-refractivity contribution in [2.24, 2.45) is 0 Å². The number of rotatable bonds is 5. The van der Waals surface area contributed by atoms with Crippen molar-refractivity contribution >= 4 is 11.6 Å². The quantitative estimate of drug-likeness (QED) is 0.877. The van der Waals surface area contributed by atoms with Crippen molar-refractivity contribution in [2.45, 2.75) is 19.8 Å². The van der Waals surface area contributed by atoms with Crippen molar-refractivity contribution < 1.29 is 9.90 Å². The molecule has 2 rings (SSSR count). The molecule has 0 spiro atoms. The van der Waals surface area contributed by atoms with Crippen molar-refractivity contribution in [3.63, 3.8) is 0 Å². The molecule has 4 heteroatoms. The molecule has 0 atom stereocenters. The predicted octanol–water partition coefficient (Wildman–Crippen LogP) is 2.57. The van der Waals surface area contributed by atoms with Crippen LogP contribution in [0.25, 0.3) is 0 Å². The van der Waals surface area contributed by atoms with Gasteiger partial charge in [-0.2, -0.15) is 0 Å². The van der Waals surface area contributed by atoms with E-state index in [4.69, 9.17) is 5.11 Å². The molecule has 104 valence electrons. The molecule has 4 nitrogen and oxygen atoms in total. The molecular formula is C16H18N2O2. The number of aromatic nitrogens is 1. The average molecular weight is 270 g/mol. The molecule has 0 aliphatic heterocycles. The highest BCUT2D eigenvalue weighted by Gasteiger charge is 2.06. The standard InChI is InChI=1S/C16H18N2O2/c1-12-10-14(7-8-17-12)16(20)18-15-6-2-4-13(11-15)5-3-9-19/h2,4,6-8,10-11,19H,3,5,9H2,1H3,(H,18,20). The van der Waals surface area contributed by atoms with Crippen LogP contribution in [0.3, 0.4) is 0 Å². The zero-order valence-electron chi connectivity index (χ0n) is 11.5. The smallest absolute Gasteiger partial charge is 0.255 e. The van der Waals surface area contributed by atoms with E-state index >= 15 is 0 Å². The fraction of sp³-hybridized carbons (Fsp3) is 0.250. The summed E-state index contributed by atoms with van der Waals surface area (Å²) < 4.78 is 0. The van der Waals surface area contributed by atoms with Crippen molar-refractivity contribution in [2.75, 3.05) is 11.9 Å². The van der Waals surface area contributed by atoms with Gasteiger partial charge in [0.05, 0.1) is 0 Å². The summed E-state index contributed by atoms with van der Waals surface area (Å²) in [6, 6.07) is 11.1. The summed E-state index contributed by atoms with van der Waals surface area (Å²) in [6.45, 7) is 2.03. The molecule has 0 saturated heterocycles. The molecule has 2 N–H and O–H groups in total. The number of benzene rings is 1. The second kappa shape index (κ2) is 6.82. The first-order chi connectivity index (χ1) is 9.69. The predicted molar refractivity (Wildman–Crippen MR) is 78.8 cm³/mol. The summed E-state index contributed by atoms with van der Waals surface area (Å²) in [5.74, 6) is -0.144. The van der Waals surface area contributed by atoms with Crippen LogP contribution in [-0.2, 0) is 6.42 Å². The Hall–Kier alpha value is -2.20. The normalized spacial score (nSPS) is 10.3. The number of aliphatic hydroxyl groups excluding tert-OH is 1. The lowest BCUT2D eigenvalue weighted by molar-refractivity contribution is 0.102. The number of carbonyl (C=O) groups excluding carboxylic acids is 1. The zero-order chi connectivity index (χ0) is 14.4. The molecule has 1 amide bonds. The highest BCUT2D eigenvalue weighted by atomic mass is 16.2. The molecule has 20 heavy (non-hydrogen) atoms. The summed E-state index contributed by atoms with van der Waals surface area (Å²) in [5, 5.41) is 11.7. The fourth-order valence-electron chi connectivity index (χ4n) is 1.98. The van der Waals surface area contributed by atoms with Gasteiger partial charge in [0.25, 0.3) is 5.91 Å². The Kier molecular flexibility index (Phi) is 4.85. The molecule has 2 aromatic rings. The zero-order valence-corrected chi connectivity index (χ0v) is 11.5. The van der Waals surface area contributed by atoms with Crippen molar-refractivity contribution in [3.8, 4) is 0 Å². The van der Waals surface area contributed by atoms with E-state index in [0.717, 1.165) is 29.8 Å². The van der Waals surface area contributed by atoms with Crippen LogP contribution in [0.5, 0.6) is 0 Å². The Morgan fingerprint density at radius 2 is 2.15 bits per heavy atom. The number of amides is 1. The van der Waals surface area contributed by atoms with Crippen LogP contribution in [0.1, 0.15) is 28.0 Å². The van der Waals surface area contributed by atoms with E-state index in [1.54, 1.807) is 18.3 Å². The van der Waals surface area contributed by atoms with Crippen molar-refractivity contribution in [3.05, 3.63) is 59.4 Å². The second-order valence-electron chi connectivity index (χ2n) is 4.67. The number of nitrogens with zero attached hydrogens (tertiary/aromatic N) is 1. The number of hydrogen-bond acceptors (Lipinski definition) is 3. The van der Waals surface area contributed by atoms with Gasteiger partial charge in [-0.25, -0.2) is 0 Å². The fourth-order valence-corrected chi connectivity index (χ4v) is 1.98. The van der Waals surface area contributed by atoms with Crippen molar-refractivity contribution in [1.82, 2.24) is 4.98 Å². The monoisotopic (exact) mass is 270 g/mol. The third kappa shape index (κ3) is 3.90. The summed E-state index contributed by atoms with van der Waals surface area (Å²) in [5.41, 5.74) is 3.27. The van der Waals surface area contributed by atoms with Crippen LogP contribution in [-0.4, -0.2) is 22.6 Å². The Morgan fingerprint density at radius 3 is 2.90 bits per heavy atom. The topological polar surface area (TPSA) is 62.2 Å². The van der Waals surface area contributed by atoms with Gasteiger partial charge in [0, 0.05) is 29.7 Å². The number of hydrogen-bond donors (Lipinski definition) is 2. The van der Waals surface area contributed by atoms with Gasteiger partial charge in [0.2, 0.25) is 0 Å². The lowest BCUT2D eigenvalue weighted by atomic mass is 10.1. The van der Waals surface area contributed by atoms with E-state index in [9.17, 15) is 4.79 Å². The summed E-state index contributed by atoms with van der Waals surface area (Å²) in [4.78, 5) is 16.2. The molecule has 0 aliphatic rings.